The number of aliphatic hydroxyl groups is 1. The molecule has 2 fully saturated rings. The number of nitrogens with one attached hydrogen (secondary N) is 2. The first-order valence-electron chi connectivity index (χ1n) is 8.79. The molecule has 1 aromatic carbocycles. The second-order valence-electron chi connectivity index (χ2n) is 6.88. The number of benzene rings is 1. The van der Waals surface area contributed by atoms with E-state index in [0.717, 1.165) is 38.3 Å². The second-order valence-corrected chi connectivity index (χ2v) is 6.88. The van der Waals surface area contributed by atoms with E-state index in [1.165, 1.54) is 0 Å². The van der Waals surface area contributed by atoms with Crippen molar-refractivity contribution in [3.05, 3.63) is 35.9 Å². The lowest BCUT2D eigenvalue weighted by Gasteiger charge is -2.37. The van der Waals surface area contributed by atoms with Crippen LogP contribution in [0.5, 0.6) is 0 Å². The minimum Gasteiger partial charge on any atom is -0.391 e. The van der Waals surface area contributed by atoms with Crippen molar-refractivity contribution in [1.29, 1.82) is 0 Å². The van der Waals surface area contributed by atoms with Gasteiger partial charge in [-0.1, -0.05) is 30.3 Å². The molecule has 3 rings (SSSR count). The summed E-state index contributed by atoms with van der Waals surface area (Å²) in [5, 5.41) is 16.1. The number of carbonyl (C=O) groups is 1. The summed E-state index contributed by atoms with van der Waals surface area (Å²) in [6.45, 7) is 5.61. The van der Waals surface area contributed by atoms with Gasteiger partial charge < -0.3 is 20.6 Å². The molecule has 3 atom stereocenters. The molecule has 0 aromatic heterocycles. The molecule has 2 aliphatic rings. The Morgan fingerprint density at radius 1 is 1.19 bits per heavy atom. The zero-order chi connectivity index (χ0) is 16.9. The quantitative estimate of drug-likeness (QED) is 0.667. The van der Waals surface area contributed by atoms with Gasteiger partial charge in [0.05, 0.1) is 6.10 Å². The van der Waals surface area contributed by atoms with Gasteiger partial charge >= 0.3 is 0 Å². The summed E-state index contributed by atoms with van der Waals surface area (Å²) in [5.74, 6) is 0.128. The summed E-state index contributed by atoms with van der Waals surface area (Å²) in [6.07, 6.45) is -0.371. The normalized spacial score (nSPS) is 25.0. The molecule has 2 saturated heterocycles. The van der Waals surface area contributed by atoms with E-state index >= 15 is 0 Å². The van der Waals surface area contributed by atoms with Crippen molar-refractivity contribution in [3.8, 4) is 0 Å². The molecular formula is C18H30Cl2N4O2. The number of likely N-dealkylation sites (N-methyl/N-ethyl adjacent to an activating group) is 1. The number of rotatable bonds is 5. The van der Waals surface area contributed by atoms with Gasteiger partial charge in [0.1, 0.15) is 6.04 Å². The Labute approximate surface area is 168 Å². The van der Waals surface area contributed by atoms with Crippen molar-refractivity contribution in [3.63, 3.8) is 0 Å². The molecule has 6 nitrogen and oxygen atoms in total. The largest absolute Gasteiger partial charge is 0.391 e. The molecule has 3 unspecified atom stereocenters. The van der Waals surface area contributed by atoms with Gasteiger partial charge in [0.25, 0.3) is 0 Å². The molecule has 0 aliphatic carbocycles. The number of hydrogen-bond acceptors (Lipinski definition) is 5. The van der Waals surface area contributed by atoms with E-state index in [2.05, 4.69) is 27.5 Å². The predicted molar refractivity (Wildman–Crippen MR) is 108 cm³/mol. The summed E-state index contributed by atoms with van der Waals surface area (Å²) >= 11 is 0. The first-order valence-corrected chi connectivity index (χ1v) is 8.79. The first-order chi connectivity index (χ1) is 11.6. The lowest BCUT2D eigenvalue weighted by Crippen LogP contribution is -2.50. The van der Waals surface area contributed by atoms with Crippen molar-refractivity contribution >= 4 is 30.7 Å². The highest BCUT2D eigenvalue weighted by molar-refractivity contribution is 5.85. The van der Waals surface area contributed by atoms with E-state index in [4.69, 9.17) is 0 Å². The summed E-state index contributed by atoms with van der Waals surface area (Å²) in [6, 6.07) is 9.73. The standard InChI is InChI=1S/C18H28N4O2.2ClH/c1-21-7-9-22(10-8-21)17(14-5-3-2-4-6-14)18(24)20-12-15-11-19-13-16(15)23;;/h2-6,15-17,19,23H,7-13H2,1H3,(H,20,24);2*1H. The van der Waals surface area contributed by atoms with E-state index in [1.807, 2.05) is 30.3 Å². The molecule has 0 radical (unpaired) electrons. The fourth-order valence-corrected chi connectivity index (χ4v) is 3.50. The van der Waals surface area contributed by atoms with Gasteiger partial charge in [-0.15, -0.1) is 24.8 Å². The van der Waals surface area contributed by atoms with Gasteiger partial charge in [-0.3, -0.25) is 9.69 Å². The summed E-state index contributed by atoms with van der Waals surface area (Å²) in [5.41, 5.74) is 1.03. The molecule has 0 saturated carbocycles. The molecule has 26 heavy (non-hydrogen) atoms. The monoisotopic (exact) mass is 404 g/mol. The van der Waals surface area contributed by atoms with Crippen molar-refractivity contribution < 1.29 is 9.90 Å². The van der Waals surface area contributed by atoms with Crippen LogP contribution < -0.4 is 10.6 Å². The number of carbonyl (C=O) groups excluding carboxylic acids is 1. The Balaban J connectivity index is 0.00000169. The van der Waals surface area contributed by atoms with E-state index in [1.54, 1.807) is 0 Å². The van der Waals surface area contributed by atoms with E-state index < -0.39 is 0 Å². The number of β-amino-alcohol motifs (C(OH)–C–C–N with tert-alkyl or cyclic N) is 1. The average Bonchev–Trinajstić information content (AvgIpc) is 3.01. The Bertz CT molecular complexity index is 541. The third-order valence-electron chi connectivity index (χ3n) is 5.11. The fraction of sp³-hybridized carbons (Fsp3) is 0.611. The summed E-state index contributed by atoms with van der Waals surface area (Å²) < 4.78 is 0. The predicted octanol–water partition coefficient (Wildman–Crippen LogP) is 0.515. The highest BCUT2D eigenvalue weighted by Gasteiger charge is 2.31. The van der Waals surface area contributed by atoms with E-state index in [-0.39, 0.29) is 48.8 Å². The SMILES string of the molecule is CN1CCN(C(C(=O)NCC2CNCC2O)c2ccccc2)CC1.Cl.Cl. The van der Waals surface area contributed by atoms with Gasteiger partial charge in [0.15, 0.2) is 0 Å². The van der Waals surface area contributed by atoms with Crippen LogP contribution >= 0.6 is 24.8 Å². The van der Waals surface area contributed by atoms with Crippen molar-refractivity contribution in [1.82, 2.24) is 20.4 Å². The zero-order valence-corrected chi connectivity index (χ0v) is 16.8. The summed E-state index contributed by atoms with van der Waals surface area (Å²) in [7, 11) is 2.11. The lowest BCUT2D eigenvalue weighted by atomic mass is 10.0. The molecule has 1 amide bonds. The van der Waals surface area contributed by atoms with Gasteiger partial charge in [0.2, 0.25) is 5.91 Å². The molecular weight excluding hydrogens is 375 g/mol. The second kappa shape index (κ2) is 11.1. The number of piperazine rings is 1. The number of nitrogens with zero attached hydrogens (tertiary/aromatic N) is 2. The van der Waals surface area contributed by atoms with Crippen LogP contribution in [-0.4, -0.2) is 79.8 Å². The van der Waals surface area contributed by atoms with Crippen LogP contribution in [0, 0.1) is 5.92 Å². The van der Waals surface area contributed by atoms with Gasteiger partial charge in [0, 0.05) is 51.7 Å². The first kappa shape index (κ1) is 23.1. The highest BCUT2D eigenvalue weighted by Crippen LogP contribution is 2.22. The number of halogens is 2. The van der Waals surface area contributed by atoms with E-state index in [9.17, 15) is 9.90 Å². The number of hydrogen-bond donors (Lipinski definition) is 3. The minimum atomic E-state index is -0.371. The summed E-state index contributed by atoms with van der Waals surface area (Å²) in [4.78, 5) is 17.5. The van der Waals surface area contributed by atoms with Gasteiger partial charge in [-0.05, 0) is 12.6 Å². The molecule has 2 heterocycles. The highest BCUT2D eigenvalue weighted by atomic mass is 35.5. The van der Waals surface area contributed by atoms with Crippen LogP contribution in [0.2, 0.25) is 0 Å². The maximum absolute atomic E-state index is 12.9. The van der Waals surface area contributed by atoms with E-state index in [0.29, 0.717) is 13.1 Å². The van der Waals surface area contributed by atoms with Gasteiger partial charge in [-0.2, -0.15) is 0 Å². The molecule has 2 aliphatic heterocycles. The molecule has 0 bridgehead atoms. The molecule has 148 valence electrons. The third kappa shape index (κ3) is 5.81. The zero-order valence-electron chi connectivity index (χ0n) is 15.1. The van der Waals surface area contributed by atoms with Crippen LogP contribution in [0.3, 0.4) is 0 Å². The molecule has 3 N–H and O–H groups in total. The van der Waals surface area contributed by atoms with Crippen molar-refractivity contribution in [2.75, 3.05) is 52.9 Å². The smallest absolute Gasteiger partial charge is 0.241 e. The Kier molecular flexibility index (Phi) is 9.85. The van der Waals surface area contributed by atoms with Crippen LogP contribution in [0.1, 0.15) is 11.6 Å². The molecule has 8 heteroatoms. The molecule has 1 aromatic rings. The Morgan fingerprint density at radius 2 is 1.85 bits per heavy atom. The third-order valence-corrected chi connectivity index (χ3v) is 5.11. The average molecular weight is 405 g/mol. The van der Waals surface area contributed by atoms with Crippen molar-refractivity contribution in [2.45, 2.75) is 12.1 Å². The van der Waals surface area contributed by atoms with Crippen LogP contribution in [0.4, 0.5) is 0 Å². The number of aliphatic hydroxyl groups excluding tert-OH is 1. The lowest BCUT2D eigenvalue weighted by molar-refractivity contribution is -0.127. The maximum Gasteiger partial charge on any atom is 0.241 e. The minimum absolute atomic E-state index is 0. The number of amides is 1. The fourth-order valence-electron chi connectivity index (χ4n) is 3.50. The van der Waals surface area contributed by atoms with Crippen LogP contribution in [0.25, 0.3) is 0 Å². The Hall–Kier alpha value is -0.890. The van der Waals surface area contributed by atoms with Gasteiger partial charge in [-0.25, -0.2) is 0 Å². The maximum atomic E-state index is 12.9. The molecule has 0 spiro atoms. The topological polar surface area (TPSA) is 67.8 Å². The van der Waals surface area contributed by atoms with Crippen LogP contribution in [-0.2, 0) is 4.79 Å². The van der Waals surface area contributed by atoms with Crippen molar-refractivity contribution in [2.24, 2.45) is 5.92 Å². The van der Waals surface area contributed by atoms with Crippen LogP contribution in [0.15, 0.2) is 30.3 Å². The Morgan fingerprint density at radius 3 is 2.42 bits per heavy atom.